The molecule has 1 aliphatic heterocycles. The first-order valence-corrected chi connectivity index (χ1v) is 12.0. The van der Waals surface area contributed by atoms with E-state index in [1.54, 1.807) is 14.2 Å². The van der Waals surface area contributed by atoms with Crippen LogP contribution in [-0.4, -0.2) is 56.1 Å². The Morgan fingerprint density at radius 2 is 1.77 bits per heavy atom. The quantitative estimate of drug-likeness (QED) is 0.577. The topological polar surface area (TPSA) is 79.9 Å². The fraction of sp³-hybridized carbons (Fsp3) is 0.481. The smallest absolute Gasteiger partial charge is 0.251 e. The third-order valence-electron chi connectivity index (χ3n) is 6.70. The van der Waals surface area contributed by atoms with Gasteiger partial charge in [-0.3, -0.25) is 9.59 Å². The molecule has 0 aromatic heterocycles. The first-order chi connectivity index (χ1) is 16.4. The lowest BCUT2D eigenvalue weighted by atomic mass is 9.91. The van der Waals surface area contributed by atoms with Gasteiger partial charge in [0.2, 0.25) is 5.91 Å². The summed E-state index contributed by atoms with van der Waals surface area (Å²) in [4.78, 5) is 28.9. The number of nitrogens with one attached hydrogen (secondary N) is 2. The Hall–Kier alpha value is -2.77. The lowest BCUT2D eigenvalue weighted by molar-refractivity contribution is -0.138. The third-order valence-corrected chi connectivity index (χ3v) is 6.70. The van der Waals surface area contributed by atoms with Crippen molar-refractivity contribution in [2.24, 2.45) is 5.92 Å². The summed E-state index contributed by atoms with van der Waals surface area (Å²) in [6, 6.07) is 11.6. The molecule has 2 aliphatic rings. The van der Waals surface area contributed by atoms with E-state index in [9.17, 15) is 9.59 Å². The van der Waals surface area contributed by atoms with E-state index in [4.69, 9.17) is 9.47 Å². The average molecular weight is 502 g/mol. The van der Waals surface area contributed by atoms with Crippen LogP contribution in [0.4, 0.5) is 0 Å². The Balaban J connectivity index is 0.00000342. The summed E-state index contributed by atoms with van der Waals surface area (Å²) in [6.45, 7) is 5.75. The van der Waals surface area contributed by atoms with Crippen molar-refractivity contribution < 1.29 is 19.1 Å². The maximum atomic E-state index is 13.8. The molecule has 7 nitrogen and oxygen atoms in total. The molecule has 1 heterocycles. The normalized spacial score (nSPS) is 19.3. The fourth-order valence-electron chi connectivity index (χ4n) is 4.90. The van der Waals surface area contributed by atoms with Crippen LogP contribution in [0.15, 0.2) is 36.4 Å². The van der Waals surface area contributed by atoms with E-state index in [0.717, 1.165) is 36.1 Å². The Morgan fingerprint density at radius 3 is 2.40 bits per heavy atom. The van der Waals surface area contributed by atoms with Crippen molar-refractivity contribution in [2.45, 2.75) is 51.7 Å². The SMILES string of the molecule is COc1cccc(CN(C(=O)C2CNCCC2NC(=O)c2cc(C)cc(C)c2)C2CC2)c1OC.Cl. The minimum absolute atomic E-state index is 0. The zero-order chi connectivity index (χ0) is 24.2. The number of carbonyl (C=O) groups excluding carboxylic acids is 2. The summed E-state index contributed by atoms with van der Waals surface area (Å²) in [7, 11) is 3.23. The van der Waals surface area contributed by atoms with Gasteiger partial charge in [0.25, 0.3) is 5.91 Å². The lowest BCUT2D eigenvalue weighted by Gasteiger charge is -2.36. The van der Waals surface area contributed by atoms with Crippen molar-refractivity contribution >= 4 is 24.2 Å². The van der Waals surface area contributed by atoms with E-state index in [2.05, 4.69) is 10.6 Å². The molecular weight excluding hydrogens is 466 g/mol. The van der Waals surface area contributed by atoms with Gasteiger partial charge in [0, 0.05) is 36.3 Å². The Kier molecular flexibility index (Phi) is 9.03. The van der Waals surface area contributed by atoms with Gasteiger partial charge in [0.05, 0.1) is 20.1 Å². The highest BCUT2D eigenvalue weighted by Gasteiger charge is 2.40. The fourth-order valence-corrected chi connectivity index (χ4v) is 4.90. The van der Waals surface area contributed by atoms with Gasteiger partial charge >= 0.3 is 0 Å². The van der Waals surface area contributed by atoms with Crippen LogP contribution in [0.25, 0.3) is 0 Å². The second kappa shape index (κ2) is 11.8. The molecule has 2 amide bonds. The molecule has 2 unspecified atom stereocenters. The van der Waals surface area contributed by atoms with E-state index in [0.29, 0.717) is 36.6 Å². The zero-order valence-electron chi connectivity index (χ0n) is 20.9. The number of aryl methyl sites for hydroxylation is 2. The number of halogens is 1. The monoisotopic (exact) mass is 501 g/mol. The van der Waals surface area contributed by atoms with Crippen LogP contribution in [0.3, 0.4) is 0 Å². The number of piperidine rings is 1. The number of rotatable bonds is 8. The summed E-state index contributed by atoms with van der Waals surface area (Å²) < 4.78 is 11.0. The summed E-state index contributed by atoms with van der Waals surface area (Å²) in [5.74, 6) is 0.945. The van der Waals surface area contributed by atoms with E-state index in [-0.39, 0.29) is 42.2 Å². The van der Waals surface area contributed by atoms with Gasteiger partial charge in [0.1, 0.15) is 0 Å². The highest BCUT2D eigenvalue weighted by atomic mass is 35.5. The summed E-state index contributed by atoms with van der Waals surface area (Å²) >= 11 is 0. The molecule has 0 spiro atoms. The van der Waals surface area contributed by atoms with Crippen LogP contribution in [-0.2, 0) is 11.3 Å². The predicted octanol–water partition coefficient (Wildman–Crippen LogP) is 3.64. The van der Waals surface area contributed by atoms with E-state index < -0.39 is 0 Å². The molecule has 35 heavy (non-hydrogen) atoms. The van der Waals surface area contributed by atoms with Gasteiger partial charge in [-0.15, -0.1) is 12.4 Å². The van der Waals surface area contributed by atoms with Crippen molar-refractivity contribution in [3.63, 3.8) is 0 Å². The molecule has 0 bridgehead atoms. The number of benzene rings is 2. The number of nitrogens with zero attached hydrogens (tertiary/aromatic N) is 1. The van der Waals surface area contributed by atoms with Gasteiger partial charge < -0.3 is 25.0 Å². The van der Waals surface area contributed by atoms with Crippen LogP contribution in [0.5, 0.6) is 11.5 Å². The van der Waals surface area contributed by atoms with Crippen molar-refractivity contribution in [3.05, 3.63) is 58.7 Å². The Bertz CT molecular complexity index is 1040. The Morgan fingerprint density at radius 1 is 1.06 bits per heavy atom. The number of hydrogen-bond donors (Lipinski definition) is 2. The molecule has 1 aliphatic carbocycles. The second-order valence-electron chi connectivity index (χ2n) is 9.41. The number of carbonyl (C=O) groups is 2. The molecule has 2 fully saturated rings. The maximum Gasteiger partial charge on any atom is 0.251 e. The van der Waals surface area contributed by atoms with Crippen molar-refractivity contribution in [3.8, 4) is 11.5 Å². The van der Waals surface area contributed by atoms with Crippen LogP contribution >= 0.6 is 12.4 Å². The van der Waals surface area contributed by atoms with Gasteiger partial charge in [-0.2, -0.15) is 0 Å². The lowest BCUT2D eigenvalue weighted by Crippen LogP contribution is -2.55. The molecule has 8 heteroatoms. The molecule has 2 atom stereocenters. The van der Waals surface area contributed by atoms with Gasteiger partial charge in [-0.05, 0) is 57.9 Å². The minimum atomic E-state index is -0.319. The molecule has 0 radical (unpaired) electrons. The van der Waals surface area contributed by atoms with Crippen LogP contribution in [0, 0.1) is 19.8 Å². The highest BCUT2D eigenvalue weighted by Crippen LogP contribution is 2.36. The van der Waals surface area contributed by atoms with Crippen molar-refractivity contribution in [2.75, 3.05) is 27.3 Å². The van der Waals surface area contributed by atoms with Crippen LogP contribution in [0.2, 0.25) is 0 Å². The van der Waals surface area contributed by atoms with Gasteiger partial charge in [-0.25, -0.2) is 0 Å². The van der Waals surface area contributed by atoms with Crippen LogP contribution < -0.4 is 20.1 Å². The molecular formula is C27H36ClN3O4. The molecule has 2 N–H and O–H groups in total. The molecule has 2 aromatic carbocycles. The average Bonchev–Trinajstić information content (AvgIpc) is 3.66. The Labute approximate surface area is 214 Å². The van der Waals surface area contributed by atoms with Crippen LogP contribution in [0.1, 0.15) is 46.3 Å². The van der Waals surface area contributed by atoms with Gasteiger partial charge in [-0.1, -0.05) is 29.3 Å². The van der Waals surface area contributed by atoms with E-state index >= 15 is 0 Å². The third kappa shape index (κ3) is 6.27. The molecule has 190 valence electrons. The van der Waals surface area contributed by atoms with E-state index in [1.807, 2.05) is 55.1 Å². The van der Waals surface area contributed by atoms with Gasteiger partial charge in [0.15, 0.2) is 11.5 Å². The minimum Gasteiger partial charge on any atom is -0.493 e. The first kappa shape index (κ1) is 26.8. The predicted molar refractivity (Wildman–Crippen MR) is 139 cm³/mol. The summed E-state index contributed by atoms with van der Waals surface area (Å²) in [5.41, 5.74) is 3.66. The van der Waals surface area contributed by atoms with E-state index in [1.165, 1.54) is 0 Å². The first-order valence-electron chi connectivity index (χ1n) is 12.0. The summed E-state index contributed by atoms with van der Waals surface area (Å²) in [6.07, 6.45) is 2.71. The zero-order valence-corrected chi connectivity index (χ0v) is 21.7. The largest absolute Gasteiger partial charge is 0.493 e. The number of hydrogen-bond acceptors (Lipinski definition) is 5. The number of para-hydroxylation sites is 1. The molecule has 1 saturated heterocycles. The molecule has 2 aromatic rings. The standard InChI is InChI=1S/C27H35N3O4.ClH/c1-17-12-18(2)14-20(13-17)26(31)29-23-10-11-28-15-22(23)27(32)30(21-8-9-21)16-19-6-5-7-24(33-3)25(19)34-4;/h5-7,12-14,21-23,28H,8-11,15-16H2,1-4H3,(H,29,31);1H. The molecule has 1 saturated carbocycles. The number of amides is 2. The summed E-state index contributed by atoms with van der Waals surface area (Å²) in [5, 5.41) is 6.52. The van der Waals surface area contributed by atoms with Crippen molar-refractivity contribution in [1.82, 2.24) is 15.5 Å². The van der Waals surface area contributed by atoms with Crippen molar-refractivity contribution in [1.29, 1.82) is 0 Å². The number of methoxy groups -OCH3 is 2. The maximum absolute atomic E-state index is 13.8. The number of ether oxygens (including phenoxy) is 2. The molecule has 4 rings (SSSR count). The second-order valence-corrected chi connectivity index (χ2v) is 9.41. The highest BCUT2D eigenvalue weighted by molar-refractivity contribution is 5.95.